The average Bonchev–Trinajstić information content (AvgIpc) is 2.28. The maximum atomic E-state index is 11.5. The number of carbonyl (C=O) groups excluding carboxylic acids is 1. The predicted octanol–water partition coefficient (Wildman–Crippen LogP) is 0.277. The lowest BCUT2D eigenvalue weighted by Gasteiger charge is -2.19. The molecule has 0 aliphatic carbocycles. The quantitative estimate of drug-likeness (QED) is 0.648. The van der Waals surface area contributed by atoms with E-state index < -0.39 is 0 Å². The van der Waals surface area contributed by atoms with Crippen molar-refractivity contribution in [1.82, 2.24) is 4.90 Å². The minimum Gasteiger partial charge on any atom is -0.392 e. The monoisotopic (exact) mass is 171 g/mol. The smallest absolute Gasteiger partial charge is 0.152 e. The summed E-state index contributed by atoms with van der Waals surface area (Å²) in [7, 11) is 1.89. The molecule has 1 rings (SSSR count). The SMILES string of the molecule is CC(C)C(=O)[C@@H]1C[C@@H](O)CN1C. The van der Waals surface area contributed by atoms with E-state index in [0.717, 1.165) is 0 Å². The molecule has 3 nitrogen and oxygen atoms in total. The van der Waals surface area contributed by atoms with Gasteiger partial charge in [-0.15, -0.1) is 0 Å². The number of nitrogens with zero attached hydrogens (tertiary/aromatic N) is 1. The normalized spacial score (nSPS) is 31.4. The first kappa shape index (κ1) is 9.68. The third kappa shape index (κ3) is 1.84. The van der Waals surface area contributed by atoms with Crippen LogP contribution in [0.2, 0.25) is 0 Å². The third-order valence-corrected chi connectivity index (χ3v) is 2.42. The second-order valence-electron chi connectivity index (χ2n) is 3.90. The lowest BCUT2D eigenvalue weighted by atomic mass is 10.00. The molecule has 0 aromatic rings. The van der Waals surface area contributed by atoms with Gasteiger partial charge in [-0.2, -0.15) is 0 Å². The summed E-state index contributed by atoms with van der Waals surface area (Å²) in [6.45, 7) is 4.44. The van der Waals surface area contributed by atoms with Gasteiger partial charge in [0.1, 0.15) is 0 Å². The molecule has 1 saturated heterocycles. The molecule has 1 heterocycles. The molecule has 0 unspecified atom stereocenters. The molecule has 1 aliphatic rings. The van der Waals surface area contributed by atoms with Crippen molar-refractivity contribution in [3.63, 3.8) is 0 Å². The summed E-state index contributed by atoms with van der Waals surface area (Å²) in [5.41, 5.74) is 0. The summed E-state index contributed by atoms with van der Waals surface area (Å²) in [4.78, 5) is 13.5. The van der Waals surface area contributed by atoms with Crippen molar-refractivity contribution in [2.45, 2.75) is 32.4 Å². The number of hydrogen-bond acceptors (Lipinski definition) is 3. The van der Waals surface area contributed by atoms with Gasteiger partial charge in [-0.05, 0) is 13.5 Å². The Bertz CT molecular complexity index is 179. The first-order valence-electron chi connectivity index (χ1n) is 4.44. The Kier molecular flexibility index (Phi) is 2.85. The van der Waals surface area contributed by atoms with Crippen LogP contribution in [0.4, 0.5) is 0 Å². The van der Waals surface area contributed by atoms with Gasteiger partial charge in [0, 0.05) is 12.5 Å². The zero-order chi connectivity index (χ0) is 9.30. The second kappa shape index (κ2) is 3.54. The number of β-amino-alcohol motifs (C(OH)–C–C–N with tert-alkyl or cyclic N) is 1. The molecule has 0 aromatic carbocycles. The Morgan fingerprint density at radius 1 is 1.58 bits per heavy atom. The van der Waals surface area contributed by atoms with Crippen LogP contribution in [0.5, 0.6) is 0 Å². The number of likely N-dealkylation sites (N-methyl/N-ethyl adjacent to an activating group) is 1. The highest BCUT2D eigenvalue weighted by atomic mass is 16.3. The topological polar surface area (TPSA) is 40.5 Å². The molecule has 0 radical (unpaired) electrons. The van der Waals surface area contributed by atoms with Gasteiger partial charge in [0.2, 0.25) is 0 Å². The average molecular weight is 171 g/mol. The number of aliphatic hydroxyl groups excluding tert-OH is 1. The van der Waals surface area contributed by atoms with Crippen LogP contribution in [0.25, 0.3) is 0 Å². The van der Waals surface area contributed by atoms with E-state index in [-0.39, 0.29) is 23.8 Å². The van der Waals surface area contributed by atoms with Crippen molar-refractivity contribution in [3.8, 4) is 0 Å². The van der Waals surface area contributed by atoms with Crippen LogP contribution in [0, 0.1) is 5.92 Å². The van der Waals surface area contributed by atoms with Crippen LogP contribution in [0.15, 0.2) is 0 Å². The lowest BCUT2D eigenvalue weighted by molar-refractivity contribution is -0.125. The fourth-order valence-corrected chi connectivity index (χ4v) is 1.69. The van der Waals surface area contributed by atoms with Gasteiger partial charge in [0.15, 0.2) is 5.78 Å². The molecule has 0 aromatic heterocycles. The van der Waals surface area contributed by atoms with Gasteiger partial charge in [0.05, 0.1) is 12.1 Å². The summed E-state index contributed by atoms with van der Waals surface area (Å²) < 4.78 is 0. The van der Waals surface area contributed by atoms with Crippen LogP contribution < -0.4 is 0 Å². The minimum absolute atomic E-state index is 0.0556. The minimum atomic E-state index is -0.317. The fraction of sp³-hybridized carbons (Fsp3) is 0.889. The van der Waals surface area contributed by atoms with E-state index in [9.17, 15) is 9.90 Å². The van der Waals surface area contributed by atoms with Gasteiger partial charge in [-0.25, -0.2) is 0 Å². The van der Waals surface area contributed by atoms with Crippen molar-refractivity contribution in [1.29, 1.82) is 0 Å². The Labute approximate surface area is 73.4 Å². The molecule has 0 spiro atoms. The number of carbonyl (C=O) groups is 1. The van der Waals surface area contributed by atoms with Crippen LogP contribution in [0.1, 0.15) is 20.3 Å². The molecular weight excluding hydrogens is 154 g/mol. The first-order chi connectivity index (χ1) is 5.52. The van der Waals surface area contributed by atoms with Crippen LogP contribution in [-0.2, 0) is 4.79 Å². The Morgan fingerprint density at radius 3 is 2.50 bits per heavy atom. The molecule has 3 heteroatoms. The number of rotatable bonds is 2. The molecule has 0 saturated carbocycles. The summed E-state index contributed by atoms with van der Waals surface area (Å²) in [6.07, 6.45) is 0.288. The van der Waals surface area contributed by atoms with Crippen LogP contribution >= 0.6 is 0 Å². The number of aliphatic hydroxyl groups is 1. The van der Waals surface area contributed by atoms with E-state index in [1.54, 1.807) is 0 Å². The summed E-state index contributed by atoms with van der Waals surface area (Å²) in [5, 5.41) is 9.31. The summed E-state index contributed by atoms with van der Waals surface area (Å²) in [6, 6.07) is -0.0556. The number of hydrogen-bond donors (Lipinski definition) is 1. The Hall–Kier alpha value is -0.410. The molecule has 1 fully saturated rings. The van der Waals surface area contributed by atoms with Gasteiger partial charge in [0.25, 0.3) is 0 Å². The van der Waals surface area contributed by atoms with Crippen molar-refractivity contribution in [2.75, 3.05) is 13.6 Å². The molecular formula is C9H17NO2. The molecule has 0 bridgehead atoms. The standard InChI is InChI=1S/C9H17NO2/c1-6(2)9(12)8-4-7(11)5-10(8)3/h6-8,11H,4-5H2,1-3H3/t7-,8+/m1/s1. The zero-order valence-electron chi connectivity index (χ0n) is 7.95. The second-order valence-corrected chi connectivity index (χ2v) is 3.90. The maximum absolute atomic E-state index is 11.5. The molecule has 12 heavy (non-hydrogen) atoms. The molecule has 1 N–H and O–H groups in total. The number of Topliss-reactive ketones (excluding diaryl/α,β-unsaturated/α-hetero) is 1. The van der Waals surface area contributed by atoms with Gasteiger partial charge < -0.3 is 5.11 Å². The molecule has 1 aliphatic heterocycles. The van der Waals surface area contributed by atoms with Crippen molar-refractivity contribution < 1.29 is 9.90 Å². The highest BCUT2D eigenvalue weighted by Gasteiger charge is 2.33. The summed E-state index contributed by atoms with van der Waals surface area (Å²) >= 11 is 0. The van der Waals surface area contributed by atoms with E-state index in [2.05, 4.69) is 0 Å². The Balaban J connectivity index is 2.58. The lowest BCUT2D eigenvalue weighted by Crippen LogP contribution is -2.35. The number of likely N-dealkylation sites (tertiary alicyclic amines) is 1. The summed E-state index contributed by atoms with van der Waals surface area (Å²) in [5.74, 6) is 0.316. The van der Waals surface area contributed by atoms with Gasteiger partial charge in [-0.1, -0.05) is 13.8 Å². The van der Waals surface area contributed by atoms with Crippen molar-refractivity contribution in [2.24, 2.45) is 5.92 Å². The van der Waals surface area contributed by atoms with Gasteiger partial charge >= 0.3 is 0 Å². The maximum Gasteiger partial charge on any atom is 0.152 e. The van der Waals surface area contributed by atoms with E-state index in [4.69, 9.17) is 0 Å². The highest BCUT2D eigenvalue weighted by molar-refractivity contribution is 5.86. The van der Waals surface area contributed by atoms with Crippen LogP contribution in [0.3, 0.4) is 0 Å². The fourth-order valence-electron chi connectivity index (χ4n) is 1.69. The molecule has 70 valence electrons. The van der Waals surface area contributed by atoms with Crippen molar-refractivity contribution >= 4 is 5.78 Å². The van der Waals surface area contributed by atoms with Gasteiger partial charge in [-0.3, -0.25) is 9.69 Å². The highest BCUT2D eigenvalue weighted by Crippen LogP contribution is 2.19. The van der Waals surface area contributed by atoms with Crippen LogP contribution in [-0.4, -0.2) is 41.5 Å². The third-order valence-electron chi connectivity index (χ3n) is 2.42. The van der Waals surface area contributed by atoms with E-state index in [1.807, 2.05) is 25.8 Å². The molecule has 2 atom stereocenters. The molecule has 0 amide bonds. The van der Waals surface area contributed by atoms with E-state index in [0.29, 0.717) is 13.0 Å². The zero-order valence-corrected chi connectivity index (χ0v) is 7.95. The number of ketones is 1. The van der Waals surface area contributed by atoms with Crippen molar-refractivity contribution in [3.05, 3.63) is 0 Å². The van der Waals surface area contributed by atoms with E-state index >= 15 is 0 Å². The largest absolute Gasteiger partial charge is 0.392 e. The predicted molar refractivity (Wildman–Crippen MR) is 46.9 cm³/mol. The van der Waals surface area contributed by atoms with E-state index in [1.165, 1.54) is 0 Å². The first-order valence-corrected chi connectivity index (χ1v) is 4.44. The Morgan fingerprint density at radius 2 is 2.17 bits per heavy atom.